The van der Waals surface area contributed by atoms with Crippen molar-refractivity contribution in [3.63, 3.8) is 0 Å². The molecule has 0 atom stereocenters. The van der Waals surface area contributed by atoms with Crippen LogP contribution in [0, 0.1) is 6.92 Å². The molecular weight excluding hydrogens is 310 g/mol. The Hall–Kier alpha value is -1.77. The van der Waals surface area contributed by atoms with Crippen LogP contribution in [0.2, 0.25) is 0 Å². The minimum Gasteiger partial charge on any atom is -0.351 e. The molecule has 2 rings (SSSR count). The number of sulfonamides is 1. The van der Waals surface area contributed by atoms with Crippen molar-refractivity contribution in [3.8, 4) is 0 Å². The summed E-state index contributed by atoms with van der Waals surface area (Å²) in [5.41, 5.74) is 1.69. The van der Waals surface area contributed by atoms with Gasteiger partial charge >= 0.3 is 0 Å². The number of primary sulfonamides is 1. The molecule has 6 nitrogen and oxygen atoms in total. The van der Waals surface area contributed by atoms with Crippen molar-refractivity contribution in [1.82, 2.24) is 10.3 Å². The maximum Gasteiger partial charge on any atom is 0.247 e. The number of hydrogen-bond donors (Lipinski definition) is 2. The molecule has 112 valence electrons. The van der Waals surface area contributed by atoms with E-state index < -0.39 is 10.0 Å². The van der Waals surface area contributed by atoms with E-state index in [-0.39, 0.29) is 23.1 Å². The molecule has 3 N–H and O–H groups in total. The zero-order valence-electron chi connectivity index (χ0n) is 11.4. The monoisotopic (exact) mass is 325 g/mol. The molecule has 0 bridgehead atoms. The van der Waals surface area contributed by atoms with Crippen LogP contribution in [-0.4, -0.2) is 19.3 Å². The summed E-state index contributed by atoms with van der Waals surface area (Å²) < 4.78 is 22.4. The number of rotatable bonds is 5. The first kappa shape index (κ1) is 15.6. The minimum absolute atomic E-state index is 0.0901. The van der Waals surface area contributed by atoms with Crippen molar-refractivity contribution in [3.05, 3.63) is 46.6 Å². The lowest BCUT2D eigenvalue weighted by Gasteiger charge is -2.05. The molecule has 0 aliphatic heterocycles. The van der Waals surface area contributed by atoms with Crippen LogP contribution in [-0.2, 0) is 27.8 Å². The Kier molecular flexibility index (Phi) is 4.71. The van der Waals surface area contributed by atoms with Gasteiger partial charge in [-0.15, -0.1) is 11.3 Å². The Morgan fingerprint density at radius 2 is 2.14 bits per heavy atom. The van der Waals surface area contributed by atoms with Gasteiger partial charge in [0.1, 0.15) is 4.21 Å². The number of nitrogens with zero attached hydrogens (tertiary/aromatic N) is 1. The highest BCUT2D eigenvalue weighted by Crippen LogP contribution is 2.19. The molecule has 0 spiro atoms. The summed E-state index contributed by atoms with van der Waals surface area (Å²) in [5.74, 6) is -0.164. The first-order chi connectivity index (χ1) is 9.86. The fraction of sp³-hybridized carbons (Fsp3) is 0.231. The molecule has 21 heavy (non-hydrogen) atoms. The number of nitrogens with one attached hydrogen (secondary N) is 1. The average molecular weight is 325 g/mol. The highest BCUT2D eigenvalue weighted by Gasteiger charge is 2.12. The second-order valence-electron chi connectivity index (χ2n) is 4.49. The molecule has 0 aliphatic rings. The Bertz CT molecular complexity index is 754. The van der Waals surface area contributed by atoms with E-state index in [1.165, 1.54) is 6.07 Å². The number of hydrogen-bond acceptors (Lipinski definition) is 5. The van der Waals surface area contributed by atoms with E-state index in [0.717, 1.165) is 27.5 Å². The van der Waals surface area contributed by atoms with Gasteiger partial charge in [-0.1, -0.05) is 6.07 Å². The van der Waals surface area contributed by atoms with E-state index in [9.17, 15) is 13.2 Å². The Morgan fingerprint density at radius 3 is 2.76 bits per heavy atom. The van der Waals surface area contributed by atoms with Gasteiger partial charge in [0.2, 0.25) is 15.9 Å². The molecule has 0 aliphatic carbocycles. The highest BCUT2D eigenvalue weighted by atomic mass is 32.2. The molecule has 0 unspecified atom stereocenters. The first-order valence-corrected chi connectivity index (χ1v) is 8.51. The maximum absolute atomic E-state index is 11.9. The van der Waals surface area contributed by atoms with Crippen LogP contribution in [0.5, 0.6) is 0 Å². The lowest BCUT2D eigenvalue weighted by atomic mass is 10.1. The third-order valence-corrected chi connectivity index (χ3v) is 5.35. The van der Waals surface area contributed by atoms with Gasteiger partial charge in [-0.2, -0.15) is 0 Å². The number of amides is 1. The van der Waals surface area contributed by atoms with E-state index >= 15 is 0 Å². The molecule has 8 heteroatoms. The molecule has 0 aromatic carbocycles. The molecule has 0 radical (unpaired) electrons. The third kappa shape index (κ3) is 4.35. The number of carbonyl (C=O) groups is 1. The molecule has 2 heterocycles. The van der Waals surface area contributed by atoms with Crippen LogP contribution in [0.3, 0.4) is 0 Å². The molecule has 2 aromatic rings. The van der Waals surface area contributed by atoms with E-state index in [4.69, 9.17) is 5.14 Å². The molecule has 0 saturated heterocycles. The molecule has 2 aromatic heterocycles. The zero-order valence-corrected chi connectivity index (χ0v) is 13.0. The third-order valence-electron chi connectivity index (χ3n) is 2.82. The molecule has 0 fully saturated rings. The van der Waals surface area contributed by atoms with Crippen LogP contribution in [0.25, 0.3) is 0 Å². The summed E-state index contributed by atoms with van der Waals surface area (Å²) in [5, 5.41) is 7.77. The molecular formula is C13H15N3O3S2. The maximum atomic E-state index is 11.9. The number of carbonyl (C=O) groups excluding carboxylic acids is 1. The summed E-state index contributed by atoms with van der Waals surface area (Å²) in [6, 6.07) is 6.78. The van der Waals surface area contributed by atoms with Crippen LogP contribution < -0.4 is 10.5 Å². The summed E-state index contributed by atoms with van der Waals surface area (Å²) in [7, 11) is -3.68. The number of pyridine rings is 1. The van der Waals surface area contributed by atoms with Crippen LogP contribution in [0.1, 0.15) is 16.1 Å². The van der Waals surface area contributed by atoms with Crippen molar-refractivity contribution < 1.29 is 13.2 Å². The predicted octanol–water partition coefficient (Wildman–Crippen LogP) is 0.958. The summed E-state index contributed by atoms with van der Waals surface area (Å²) in [6.07, 6.45) is 1.84. The van der Waals surface area contributed by atoms with Crippen molar-refractivity contribution in [1.29, 1.82) is 0 Å². The number of nitrogens with two attached hydrogens (primary N) is 1. The number of aromatic nitrogens is 1. The highest BCUT2D eigenvalue weighted by molar-refractivity contribution is 7.91. The van der Waals surface area contributed by atoms with Crippen LogP contribution in [0.4, 0.5) is 0 Å². The van der Waals surface area contributed by atoms with Gasteiger partial charge in [0, 0.05) is 11.1 Å². The average Bonchev–Trinajstić information content (AvgIpc) is 2.88. The van der Waals surface area contributed by atoms with E-state index in [2.05, 4.69) is 10.3 Å². The molecule has 0 saturated carbocycles. The Morgan fingerprint density at radius 1 is 1.38 bits per heavy atom. The van der Waals surface area contributed by atoms with Crippen molar-refractivity contribution >= 4 is 27.3 Å². The van der Waals surface area contributed by atoms with Gasteiger partial charge in [0.15, 0.2) is 0 Å². The normalized spacial score (nSPS) is 11.3. The van der Waals surface area contributed by atoms with Gasteiger partial charge in [0.05, 0.1) is 18.7 Å². The van der Waals surface area contributed by atoms with E-state index in [1.54, 1.807) is 12.3 Å². The minimum atomic E-state index is -3.68. The number of thiophene rings is 1. The van der Waals surface area contributed by atoms with E-state index in [1.807, 2.05) is 19.1 Å². The van der Waals surface area contributed by atoms with E-state index in [0.29, 0.717) is 0 Å². The second-order valence-corrected chi connectivity index (χ2v) is 7.44. The Labute approximate surface area is 127 Å². The predicted molar refractivity (Wildman–Crippen MR) is 80.2 cm³/mol. The fourth-order valence-electron chi connectivity index (χ4n) is 1.71. The second kappa shape index (κ2) is 6.33. The van der Waals surface area contributed by atoms with Crippen LogP contribution in [0.15, 0.2) is 34.7 Å². The lowest BCUT2D eigenvalue weighted by Crippen LogP contribution is -2.24. The van der Waals surface area contributed by atoms with Gasteiger partial charge < -0.3 is 5.32 Å². The largest absolute Gasteiger partial charge is 0.351 e. The fourth-order valence-corrected chi connectivity index (χ4v) is 3.43. The van der Waals surface area contributed by atoms with Gasteiger partial charge in [-0.3, -0.25) is 9.78 Å². The van der Waals surface area contributed by atoms with Crippen LogP contribution >= 0.6 is 11.3 Å². The van der Waals surface area contributed by atoms with Crippen molar-refractivity contribution in [2.45, 2.75) is 24.1 Å². The quantitative estimate of drug-likeness (QED) is 0.854. The summed E-state index contributed by atoms with van der Waals surface area (Å²) >= 11 is 1.05. The van der Waals surface area contributed by atoms with Crippen molar-refractivity contribution in [2.24, 2.45) is 5.14 Å². The number of aryl methyl sites for hydroxylation is 1. The summed E-state index contributed by atoms with van der Waals surface area (Å²) in [4.78, 5) is 16.7. The smallest absolute Gasteiger partial charge is 0.247 e. The molecule has 1 amide bonds. The zero-order chi connectivity index (χ0) is 15.5. The SMILES string of the molecule is Cc1cccnc1CC(=O)NCc1ccc(S(N)(=O)=O)s1. The summed E-state index contributed by atoms with van der Waals surface area (Å²) in [6.45, 7) is 2.16. The van der Waals surface area contributed by atoms with Gasteiger partial charge in [-0.05, 0) is 30.7 Å². The van der Waals surface area contributed by atoms with Gasteiger partial charge in [-0.25, -0.2) is 13.6 Å². The Balaban J connectivity index is 1.93. The standard InChI is InChI=1S/C13H15N3O3S2/c1-9-3-2-6-15-11(9)7-12(17)16-8-10-4-5-13(20-10)21(14,18)19/h2-6H,7-8H2,1H3,(H,16,17)(H2,14,18,19). The topological polar surface area (TPSA) is 102 Å². The van der Waals surface area contributed by atoms with Crippen molar-refractivity contribution in [2.75, 3.05) is 0 Å². The first-order valence-electron chi connectivity index (χ1n) is 6.15. The lowest BCUT2D eigenvalue weighted by molar-refractivity contribution is -0.120. The van der Waals surface area contributed by atoms with Gasteiger partial charge in [0.25, 0.3) is 0 Å².